The van der Waals surface area contributed by atoms with Crippen LogP contribution in [0.25, 0.3) is 0 Å². The highest BCUT2D eigenvalue weighted by Gasteiger charge is 2.44. The molecule has 7 amide bonds. The van der Waals surface area contributed by atoms with Gasteiger partial charge >= 0.3 is 12.0 Å². The van der Waals surface area contributed by atoms with Crippen LogP contribution in [0.2, 0.25) is 0 Å². The van der Waals surface area contributed by atoms with Gasteiger partial charge in [0.1, 0.15) is 11.6 Å². The summed E-state index contributed by atoms with van der Waals surface area (Å²) in [6.07, 6.45) is 3.46. The summed E-state index contributed by atoms with van der Waals surface area (Å²) in [5, 5.41) is 10.2. The molecular formula is C51H62FN9O11S3. The number of sulfone groups is 1. The van der Waals surface area contributed by atoms with Crippen LogP contribution in [0, 0.1) is 11.7 Å². The average Bonchev–Trinajstić information content (AvgIpc) is 4.01. The molecule has 3 N–H and O–H groups in total. The van der Waals surface area contributed by atoms with Gasteiger partial charge in [-0.2, -0.15) is 5.10 Å². The summed E-state index contributed by atoms with van der Waals surface area (Å²) in [6, 6.07) is 12.1. The smallest absolute Gasteiger partial charge is 0.333 e. The van der Waals surface area contributed by atoms with Crippen molar-refractivity contribution in [1.29, 1.82) is 0 Å². The molecule has 8 rings (SSSR count). The number of anilines is 1. The number of pyridine rings is 1. The molecule has 2 atom stereocenters. The summed E-state index contributed by atoms with van der Waals surface area (Å²) in [7, 11) is -0.662. The summed E-state index contributed by atoms with van der Waals surface area (Å²) in [5.41, 5.74) is 4.39. The minimum absolute atomic E-state index is 0.00775. The average molecular weight is 1090 g/mol. The van der Waals surface area contributed by atoms with E-state index in [0.717, 1.165) is 25.9 Å². The quantitative estimate of drug-likeness (QED) is 0.0571. The number of hydroxylamine groups is 2. The number of nitrogens with one attached hydrogen (secondary N) is 3. The molecule has 0 unspecified atom stereocenters. The molecule has 0 radical (unpaired) electrons. The number of imide groups is 1. The third kappa shape index (κ3) is 14.8. The molecule has 24 heteroatoms. The van der Waals surface area contributed by atoms with Crippen LogP contribution in [0.15, 0.2) is 70.9 Å². The number of aromatic nitrogens is 1. The highest BCUT2D eigenvalue weighted by Crippen LogP contribution is 2.47. The minimum atomic E-state index is -3.67. The molecule has 1 saturated carbocycles. The highest BCUT2D eigenvalue weighted by molar-refractivity contribution is 8.77. The predicted octanol–water partition coefficient (Wildman–Crippen LogP) is 5.19. The summed E-state index contributed by atoms with van der Waals surface area (Å²) < 4.78 is 62.9. The summed E-state index contributed by atoms with van der Waals surface area (Å²) in [4.78, 5) is 103. The third-order valence-corrected chi connectivity index (χ3v) is 18.4. The zero-order valence-corrected chi connectivity index (χ0v) is 44.2. The number of urea groups is 1. The Bertz CT molecular complexity index is 2870. The number of carbonyl (C=O) groups is 7. The van der Waals surface area contributed by atoms with Crippen LogP contribution in [0.3, 0.4) is 0 Å². The number of carbonyl (C=O) groups excluding carboxylic acids is 7. The normalized spacial score (nSPS) is 21.4. The Morgan fingerprint density at radius 1 is 0.947 bits per heavy atom. The van der Waals surface area contributed by atoms with Crippen LogP contribution >= 0.6 is 21.6 Å². The van der Waals surface area contributed by atoms with Crippen molar-refractivity contribution < 1.29 is 58.7 Å². The molecule has 1 aromatic heterocycles. The van der Waals surface area contributed by atoms with E-state index < -0.39 is 62.3 Å². The molecule has 4 aliphatic heterocycles. The first-order valence-electron chi connectivity index (χ1n) is 26.0. The predicted molar refractivity (Wildman–Crippen MR) is 278 cm³/mol. The lowest BCUT2D eigenvalue weighted by Gasteiger charge is -2.42. The van der Waals surface area contributed by atoms with E-state index in [-0.39, 0.29) is 103 Å². The van der Waals surface area contributed by atoms with Gasteiger partial charge in [0, 0.05) is 132 Å². The number of likely N-dealkylation sites (tertiary alicyclic amines) is 1. The monoisotopic (exact) mass is 1090 g/mol. The van der Waals surface area contributed by atoms with Gasteiger partial charge < -0.3 is 30.0 Å². The maximum Gasteiger partial charge on any atom is 0.333 e. The second-order valence-corrected chi connectivity index (χ2v) is 24.6. The maximum atomic E-state index is 15.1. The number of nitrogens with zero attached hydrogens (tertiary/aromatic N) is 6. The Morgan fingerprint density at radius 3 is 2.43 bits per heavy atom. The van der Waals surface area contributed by atoms with Gasteiger partial charge in [0.25, 0.3) is 11.8 Å². The van der Waals surface area contributed by atoms with Crippen molar-refractivity contribution in [2.45, 2.75) is 106 Å². The number of benzene rings is 2. The van der Waals surface area contributed by atoms with E-state index in [0.29, 0.717) is 60.3 Å². The number of fused-ring (bicyclic) bond motifs is 1. The van der Waals surface area contributed by atoms with Crippen molar-refractivity contribution >= 4 is 84.4 Å². The lowest BCUT2D eigenvalue weighted by molar-refractivity contribution is -0.197. The molecule has 5 aliphatic rings. The van der Waals surface area contributed by atoms with Crippen molar-refractivity contribution in [3.63, 3.8) is 0 Å². The van der Waals surface area contributed by atoms with Crippen LogP contribution in [-0.4, -0.2) is 149 Å². The molecule has 5 heterocycles. The highest BCUT2D eigenvalue weighted by atomic mass is 33.1. The maximum absolute atomic E-state index is 15.1. The lowest BCUT2D eigenvalue weighted by atomic mass is 10.0. The molecule has 75 heavy (non-hydrogen) atoms. The van der Waals surface area contributed by atoms with Crippen molar-refractivity contribution in [2.24, 2.45) is 11.0 Å². The first-order chi connectivity index (χ1) is 36.7. The van der Waals surface area contributed by atoms with Crippen molar-refractivity contribution in [3.05, 3.63) is 83.4 Å². The Kier molecular flexibility index (Phi) is 17.2. The van der Waals surface area contributed by atoms with E-state index >= 15 is 4.39 Å². The molecule has 4 fully saturated rings. The molecule has 3 saturated heterocycles. The van der Waals surface area contributed by atoms with Gasteiger partial charge in [0.15, 0.2) is 9.84 Å². The first-order valence-corrected chi connectivity index (χ1v) is 28.9. The van der Waals surface area contributed by atoms with E-state index in [1.165, 1.54) is 52.1 Å². The Morgan fingerprint density at radius 2 is 1.71 bits per heavy atom. The number of halogens is 1. The van der Waals surface area contributed by atoms with Crippen molar-refractivity contribution in [2.75, 3.05) is 62.7 Å². The lowest BCUT2D eigenvalue weighted by Crippen LogP contribution is -2.55. The number of hydrazone groups is 1. The zero-order valence-electron chi connectivity index (χ0n) is 43.7. The second-order valence-electron chi connectivity index (χ2n) is 19.4. The Labute approximate surface area is 445 Å². The van der Waals surface area contributed by atoms with Gasteiger partial charge in [-0.05, 0) is 87.4 Å². The molecule has 1 aliphatic carbocycles. The van der Waals surface area contributed by atoms with Crippen LogP contribution < -0.4 is 20.8 Å². The van der Waals surface area contributed by atoms with Gasteiger partial charge in [-0.3, -0.25) is 33.9 Å². The molecule has 3 aromatic rings. The van der Waals surface area contributed by atoms with Crippen molar-refractivity contribution in [1.82, 2.24) is 35.5 Å². The van der Waals surface area contributed by atoms with Gasteiger partial charge in [-0.1, -0.05) is 33.7 Å². The van der Waals surface area contributed by atoms with Crippen LogP contribution in [0.5, 0.6) is 5.75 Å². The first kappa shape index (κ1) is 52.3. The molecule has 20 nitrogen and oxygen atoms in total. The summed E-state index contributed by atoms with van der Waals surface area (Å²) in [5.74, 6) is -4.35. The fraction of sp³-hybridized carbons (Fsp3) is 0.510. The third-order valence-electron chi connectivity index (χ3n) is 13.4. The van der Waals surface area contributed by atoms with E-state index in [9.17, 15) is 42.0 Å². The van der Waals surface area contributed by atoms with E-state index in [1.54, 1.807) is 35.4 Å². The van der Waals surface area contributed by atoms with E-state index in [2.05, 4.69) is 31.0 Å². The SMILES string of the molecule is [2H]C1([2H])[C@H](C(=O)Nc2ccc(CNC(=O)N3CCC(N4CCN(C(=O)CCSSC(C)(C)CC(=O)N/N=C5\CCS(=O)(=O)c6cc(OCCCC(=O)ON7C(=O)CCC7=O)ccc65)CC4)CC3)c(F)c2)[C@H]1c1cccnc1. The molecule has 0 bridgehead atoms. The standard InChI is InChI=1S/C51H62FN9O11S3/c1-51(2,30-44(62)57-56-42-16-26-75(69,70)43-28-37(9-10-38(42)43)71-24-4-6-48(66)72-61-46(64)11-12-47(61)65)74-73-25-15-45(63)59-22-20-58(21-23-59)36-13-18-60(19-14-36)50(68)54-32-34-7-8-35(27-41(34)52)55-49(67)40-29-39(40)33-5-3-17-53-31-33/h3,5,7-10,17,27-28,31,36,39-40H,4,6,11-16,18-26,29-30,32H2,1-2H3,(H,54,68)(H,55,67)(H,57,62)/b56-42+/t39-,40+/m1/s1/i29D2. The van der Waals surface area contributed by atoms with Gasteiger partial charge in [0.2, 0.25) is 17.7 Å². The van der Waals surface area contributed by atoms with E-state index in [4.69, 9.17) is 12.3 Å². The van der Waals surface area contributed by atoms with Gasteiger partial charge in [-0.25, -0.2) is 27.8 Å². The summed E-state index contributed by atoms with van der Waals surface area (Å²) >= 11 is 0. The molecule has 2 aromatic carbocycles. The Hall–Kier alpha value is -6.11. The minimum Gasteiger partial charge on any atom is -0.494 e. The number of piperazine rings is 1. The fourth-order valence-electron chi connectivity index (χ4n) is 9.22. The summed E-state index contributed by atoms with van der Waals surface area (Å²) in [6.45, 7) is 7.53. The Balaban J connectivity index is 0.685. The van der Waals surface area contributed by atoms with E-state index in [1.807, 2.05) is 18.7 Å². The number of piperidine rings is 1. The number of rotatable bonds is 20. The van der Waals surface area contributed by atoms with Crippen LogP contribution in [0.1, 0.15) is 103 Å². The number of amides is 7. The molecule has 402 valence electrons. The van der Waals surface area contributed by atoms with Crippen molar-refractivity contribution in [3.8, 4) is 5.75 Å². The zero-order chi connectivity index (χ0) is 55.1. The fourth-order valence-corrected chi connectivity index (χ4v) is 13.2. The number of hydrogen-bond donors (Lipinski definition) is 3. The largest absolute Gasteiger partial charge is 0.494 e. The second kappa shape index (κ2) is 24.7. The number of ether oxygens (including phenoxy) is 1. The van der Waals surface area contributed by atoms with Crippen LogP contribution in [0.4, 0.5) is 14.9 Å². The van der Waals surface area contributed by atoms with Crippen LogP contribution in [-0.2, 0) is 50.0 Å². The number of hydrogen-bond acceptors (Lipinski definition) is 16. The molecular weight excluding hydrogens is 1030 g/mol. The topological polar surface area (TPSA) is 246 Å². The van der Waals surface area contributed by atoms with Gasteiger partial charge in [-0.15, -0.1) is 5.06 Å². The molecule has 0 spiro atoms. The van der Waals surface area contributed by atoms with Gasteiger partial charge in [0.05, 0.1) is 29.4 Å².